The van der Waals surface area contributed by atoms with Gasteiger partial charge in [-0.2, -0.15) is 9.78 Å². The minimum absolute atomic E-state index is 0.0865. The molecule has 7 heteroatoms. The predicted octanol–water partition coefficient (Wildman–Crippen LogP) is 2.51. The molecule has 0 spiro atoms. The van der Waals surface area contributed by atoms with Crippen LogP contribution >= 0.6 is 0 Å². The van der Waals surface area contributed by atoms with Gasteiger partial charge in [-0.15, -0.1) is 0 Å². The second-order valence-electron chi connectivity index (χ2n) is 8.55. The summed E-state index contributed by atoms with van der Waals surface area (Å²) in [6.45, 7) is 10.4. The van der Waals surface area contributed by atoms with Gasteiger partial charge in [-0.25, -0.2) is 4.79 Å². The van der Waals surface area contributed by atoms with E-state index in [0.717, 1.165) is 32.7 Å². The molecule has 4 rings (SSSR count). The predicted molar refractivity (Wildman–Crippen MR) is 112 cm³/mol. The van der Waals surface area contributed by atoms with Crippen LogP contribution in [-0.2, 0) is 11.3 Å². The third-order valence-corrected chi connectivity index (χ3v) is 6.35. The van der Waals surface area contributed by atoms with Gasteiger partial charge in [-0.05, 0) is 36.8 Å². The fraction of sp³-hybridized carbons (Fsp3) is 0.500. The highest BCUT2D eigenvalue weighted by Crippen LogP contribution is 2.32. The molecule has 2 saturated heterocycles. The quantitative estimate of drug-likeness (QED) is 0.801. The van der Waals surface area contributed by atoms with Gasteiger partial charge in [0.1, 0.15) is 0 Å². The Kier molecular flexibility index (Phi) is 5.17. The third-order valence-electron chi connectivity index (χ3n) is 6.35. The average molecular weight is 396 g/mol. The molecule has 29 heavy (non-hydrogen) atoms. The highest BCUT2D eigenvalue weighted by molar-refractivity contribution is 5.91. The van der Waals surface area contributed by atoms with E-state index < -0.39 is 0 Å². The van der Waals surface area contributed by atoms with Gasteiger partial charge in [0, 0.05) is 46.7 Å². The van der Waals surface area contributed by atoms with Gasteiger partial charge < -0.3 is 9.80 Å². The van der Waals surface area contributed by atoms with Gasteiger partial charge in [0.2, 0.25) is 5.91 Å². The van der Waals surface area contributed by atoms with Crippen LogP contribution in [0.1, 0.15) is 23.6 Å². The Morgan fingerprint density at radius 2 is 1.83 bits per heavy atom. The molecule has 1 aromatic carbocycles. The number of aryl methyl sites for hydroxylation is 2. The van der Waals surface area contributed by atoms with Crippen molar-refractivity contribution in [3.8, 4) is 0 Å². The van der Waals surface area contributed by atoms with E-state index in [1.54, 1.807) is 19.4 Å². The maximum absolute atomic E-state index is 12.8. The first-order valence-electron chi connectivity index (χ1n) is 10.2. The van der Waals surface area contributed by atoms with E-state index in [-0.39, 0.29) is 11.9 Å². The van der Waals surface area contributed by atoms with Gasteiger partial charge in [-0.3, -0.25) is 9.69 Å². The molecule has 2 aliphatic rings. The minimum Gasteiger partial charge on any atom is -0.322 e. The number of carbonyl (C=O) groups is 2. The molecule has 0 N–H and O–H groups in total. The summed E-state index contributed by atoms with van der Waals surface area (Å²) in [4.78, 5) is 30.2. The summed E-state index contributed by atoms with van der Waals surface area (Å²) < 4.78 is 1.35. The van der Waals surface area contributed by atoms with Gasteiger partial charge in [0.15, 0.2) is 0 Å². The Labute approximate surface area is 171 Å². The first kappa shape index (κ1) is 19.6. The number of rotatable bonds is 3. The van der Waals surface area contributed by atoms with Gasteiger partial charge in [0.05, 0.1) is 18.1 Å². The molecule has 7 nitrogen and oxygen atoms in total. The lowest BCUT2D eigenvalue weighted by atomic mass is 10.0. The van der Waals surface area contributed by atoms with E-state index in [1.165, 1.54) is 33.2 Å². The van der Waals surface area contributed by atoms with E-state index in [1.807, 2.05) is 4.90 Å². The van der Waals surface area contributed by atoms with Crippen molar-refractivity contribution in [1.29, 1.82) is 0 Å². The van der Waals surface area contributed by atoms with Crippen molar-refractivity contribution in [3.05, 3.63) is 47.3 Å². The molecule has 2 amide bonds. The van der Waals surface area contributed by atoms with Gasteiger partial charge in [0.25, 0.3) is 0 Å². The van der Waals surface area contributed by atoms with Crippen molar-refractivity contribution in [3.63, 3.8) is 0 Å². The highest BCUT2D eigenvalue weighted by atomic mass is 16.2. The largest absolute Gasteiger partial charge is 0.344 e. The number of anilines is 1. The van der Waals surface area contributed by atoms with Crippen LogP contribution in [0.25, 0.3) is 0 Å². The number of benzene rings is 1. The third kappa shape index (κ3) is 3.92. The van der Waals surface area contributed by atoms with Crippen LogP contribution in [0.15, 0.2) is 30.6 Å². The average Bonchev–Trinajstić information content (AvgIpc) is 3.37. The first-order chi connectivity index (χ1) is 13.8. The molecule has 0 aliphatic carbocycles. The summed E-state index contributed by atoms with van der Waals surface area (Å²) in [5.41, 5.74) is 4.67. The summed E-state index contributed by atoms with van der Waals surface area (Å²) in [6, 6.07) is 6.56. The molecule has 154 valence electrons. The summed E-state index contributed by atoms with van der Waals surface area (Å²) in [5, 5.41) is 4.17. The molecule has 0 radical (unpaired) electrons. The van der Waals surface area contributed by atoms with Crippen LogP contribution in [0, 0.1) is 25.7 Å². The van der Waals surface area contributed by atoms with Crippen molar-refractivity contribution < 1.29 is 9.59 Å². The minimum atomic E-state index is -0.108. The SMILES string of the molecule is CC(=O)N(C)c1cnn(C(=O)N2CC3CN(Cc4ccc(C)cc4C)CC3C2)c1. The maximum Gasteiger partial charge on any atom is 0.344 e. The van der Waals surface area contributed by atoms with Crippen LogP contribution in [0.5, 0.6) is 0 Å². The molecule has 2 aliphatic heterocycles. The van der Waals surface area contributed by atoms with Crippen LogP contribution in [-0.4, -0.2) is 64.7 Å². The molecule has 2 atom stereocenters. The normalized spacial score (nSPS) is 21.4. The molecule has 2 fully saturated rings. The maximum atomic E-state index is 12.8. The number of carbonyl (C=O) groups excluding carboxylic acids is 2. The standard InChI is InChI=1S/C22H29N5O2/c1-15-5-6-18(16(2)7-15)9-25-10-19-12-26(13-20(19)11-25)22(29)27-14-21(8-23-27)24(4)17(3)28/h5-8,14,19-20H,9-13H2,1-4H3. The van der Waals surface area contributed by atoms with E-state index >= 15 is 0 Å². The zero-order valence-corrected chi connectivity index (χ0v) is 17.6. The van der Waals surface area contributed by atoms with E-state index in [4.69, 9.17) is 0 Å². The van der Waals surface area contributed by atoms with E-state index in [0.29, 0.717) is 17.5 Å². The van der Waals surface area contributed by atoms with Crippen molar-refractivity contribution in [2.24, 2.45) is 11.8 Å². The first-order valence-corrected chi connectivity index (χ1v) is 10.2. The van der Waals surface area contributed by atoms with Crippen molar-refractivity contribution in [2.45, 2.75) is 27.3 Å². The number of nitrogens with zero attached hydrogens (tertiary/aromatic N) is 5. The fourth-order valence-corrected chi connectivity index (χ4v) is 4.56. The van der Waals surface area contributed by atoms with Crippen molar-refractivity contribution in [2.75, 3.05) is 38.1 Å². The Balaban J connectivity index is 1.35. The Hall–Kier alpha value is -2.67. The molecule has 3 heterocycles. The lowest BCUT2D eigenvalue weighted by Crippen LogP contribution is -2.36. The monoisotopic (exact) mass is 395 g/mol. The number of hydrogen-bond acceptors (Lipinski definition) is 4. The van der Waals surface area contributed by atoms with Gasteiger partial charge in [-0.1, -0.05) is 23.8 Å². The van der Waals surface area contributed by atoms with E-state index in [9.17, 15) is 9.59 Å². The fourth-order valence-electron chi connectivity index (χ4n) is 4.56. The second-order valence-corrected chi connectivity index (χ2v) is 8.55. The van der Waals surface area contributed by atoms with Crippen LogP contribution in [0.3, 0.4) is 0 Å². The summed E-state index contributed by atoms with van der Waals surface area (Å²) in [6.07, 6.45) is 3.19. The number of aromatic nitrogens is 2. The Bertz CT molecular complexity index is 923. The molecular weight excluding hydrogens is 366 g/mol. The van der Waals surface area contributed by atoms with Crippen LogP contribution in [0.4, 0.5) is 10.5 Å². The second kappa shape index (κ2) is 7.63. The smallest absolute Gasteiger partial charge is 0.322 e. The van der Waals surface area contributed by atoms with Crippen molar-refractivity contribution in [1.82, 2.24) is 19.6 Å². The summed E-state index contributed by atoms with van der Waals surface area (Å²) in [5.74, 6) is 0.941. The van der Waals surface area contributed by atoms with E-state index in [2.05, 4.69) is 42.0 Å². The molecule has 2 aromatic rings. The zero-order valence-electron chi connectivity index (χ0n) is 17.6. The molecule has 0 bridgehead atoms. The molecule has 0 saturated carbocycles. The lowest BCUT2D eigenvalue weighted by Gasteiger charge is -2.22. The molecule has 2 unspecified atom stereocenters. The molecule has 1 aromatic heterocycles. The van der Waals surface area contributed by atoms with Crippen LogP contribution in [0.2, 0.25) is 0 Å². The van der Waals surface area contributed by atoms with Crippen LogP contribution < -0.4 is 4.90 Å². The number of fused-ring (bicyclic) bond motifs is 1. The van der Waals surface area contributed by atoms with Gasteiger partial charge >= 0.3 is 6.03 Å². The number of amides is 2. The Morgan fingerprint density at radius 3 is 2.45 bits per heavy atom. The van der Waals surface area contributed by atoms with Crippen molar-refractivity contribution >= 4 is 17.6 Å². The Morgan fingerprint density at radius 1 is 1.14 bits per heavy atom. The molecular formula is C22H29N5O2. The topological polar surface area (TPSA) is 61.7 Å². The zero-order chi connectivity index (χ0) is 20.7. The summed E-state index contributed by atoms with van der Waals surface area (Å²) in [7, 11) is 1.68. The lowest BCUT2D eigenvalue weighted by molar-refractivity contribution is -0.116. The number of hydrogen-bond donors (Lipinski definition) is 0. The number of likely N-dealkylation sites (tertiary alicyclic amines) is 2. The summed E-state index contributed by atoms with van der Waals surface area (Å²) >= 11 is 0. The highest BCUT2D eigenvalue weighted by Gasteiger charge is 2.42.